The van der Waals surface area contributed by atoms with Crippen LogP contribution >= 0.6 is 0 Å². The van der Waals surface area contributed by atoms with Crippen molar-refractivity contribution >= 4 is 17.3 Å². The minimum Gasteiger partial charge on any atom is -0.369 e. The normalized spacial score (nSPS) is 14.4. The summed E-state index contributed by atoms with van der Waals surface area (Å²) in [7, 11) is 0. The molecule has 0 atom stereocenters. The Morgan fingerprint density at radius 1 is 1.08 bits per heavy atom. The van der Waals surface area contributed by atoms with Crippen LogP contribution in [-0.4, -0.2) is 32.1 Å². The zero-order valence-corrected chi connectivity index (χ0v) is 14.1. The van der Waals surface area contributed by atoms with Gasteiger partial charge in [-0.3, -0.25) is 4.79 Å². The number of nitrogens with zero attached hydrogens (tertiary/aromatic N) is 1. The van der Waals surface area contributed by atoms with Crippen molar-refractivity contribution in [2.24, 2.45) is 0 Å². The number of hydrogen-bond acceptors (Lipinski definition) is 3. The summed E-state index contributed by atoms with van der Waals surface area (Å²) in [5.41, 5.74) is 2.63. The number of piperazine rings is 1. The third-order valence-corrected chi connectivity index (χ3v) is 4.25. The molecule has 1 heterocycles. The van der Waals surface area contributed by atoms with E-state index in [0.29, 0.717) is 5.56 Å². The van der Waals surface area contributed by atoms with Gasteiger partial charge in [0.2, 0.25) is 0 Å². The summed E-state index contributed by atoms with van der Waals surface area (Å²) in [6, 6.07) is 8.70. The Morgan fingerprint density at radius 2 is 1.76 bits per heavy atom. The van der Waals surface area contributed by atoms with E-state index in [2.05, 4.69) is 21.6 Å². The van der Waals surface area contributed by atoms with Crippen LogP contribution in [0.1, 0.15) is 22.8 Å². The quantitative estimate of drug-likeness (QED) is 0.894. The van der Waals surface area contributed by atoms with Gasteiger partial charge >= 0.3 is 0 Å². The highest BCUT2D eigenvalue weighted by Gasteiger charge is 2.15. The number of hydrogen-bond donors (Lipinski definition) is 2. The van der Waals surface area contributed by atoms with Crippen molar-refractivity contribution in [1.29, 1.82) is 0 Å². The molecule has 2 aromatic rings. The van der Waals surface area contributed by atoms with Crippen molar-refractivity contribution in [3.05, 3.63) is 59.2 Å². The average Bonchev–Trinajstić information content (AvgIpc) is 2.61. The first kappa shape index (κ1) is 17.4. The molecule has 1 fully saturated rings. The molecule has 3 rings (SSSR count). The van der Waals surface area contributed by atoms with Gasteiger partial charge in [0.15, 0.2) is 0 Å². The standard InChI is InChI=1S/C19H21F2N3O/c1-2-13-7-14(9-18(8-13)24-5-3-22-4-6-24)19(25)23-17-11-15(20)10-16(21)12-17/h7-12,22H,2-6H2,1H3,(H,23,25). The molecule has 0 aliphatic carbocycles. The molecule has 0 bridgehead atoms. The summed E-state index contributed by atoms with van der Waals surface area (Å²) in [6.07, 6.45) is 0.800. The summed E-state index contributed by atoms with van der Waals surface area (Å²) in [5, 5.41) is 5.87. The number of benzene rings is 2. The first-order chi connectivity index (χ1) is 12.0. The van der Waals surface area contributed by atoms with Crippen LogP contribution < -0.4 is 15.5 Å². The number of aryl methyl sites for hydroxylation is 1. The lowest BCUT2D eigenvalue weighted by Gasteiger charge is -2.30. The van der Waals surface area contributed by atoms with Crippen LogP contribution in [0.2, 0.25) is 0 Å². The van der Waals surface area contributed by atoms with Gasteiger partial charge in [-0.05, 0) is 42.3 Å². The summed E-state index contributed by atoms with van der Waals surface area (Å²) < 4.78 is 26.6. The van der Waals surface area contributed by atoms with Crippen molar-refractivity contribution < 1.29 is 13.6 Å². The largest absolute Gasteiger partial charge is 0.369 e. The van der Waals surface area contributed by atoms with E-state index in [1.54, 1.807) is 0 Å². The predicted molar refractivity (Wildman–Crippen MR) is 95.2 cm³/mol. The molecule has 2 N–H and O–H groups in total. The summed E-state index contributed by atoms with van der Waals surface area (Å²) >= 11 is 0. The minimum atomic E-state index is -0.723. The number of anilines is 2. The number of amides is 1. The van der Waals surface area contributed by atoms with Gasteiger partial charge in [-0.2, -0.15) is 0 Å². The zero-order valence-electron chi connectivity index (χ0n) is 14.1. The average molecular weight is 345 g/mol. The van der Waals surface area contributed by atoms with Crippen molar-refractivity contribution in [2.45, 2.75) is 13.3 Å². The maximum absolute atomic E-state index is 13.3. The molecule has 6 heteroatoms. The molecule has 4 nitrogen and oxygen atoms in total. The predicted octanol–water partition coefficient (Wildman–Crippen LogP) is 3.19. The minimum absolute atomic E-state index is 0.105. The van der Waals surface area contributed by atoms with Crippen LogP contribution in [-0.2, 0) is 6.42 Å². The molecule has 0 radical (unpaired) electrons. The van der Waals surface area contributed by atoms with Gasteiger partial charge < -0.3 is 15.5 Å². The monoisotopic (exact) mass is 345 g/mol. The molecular formula is C19H21F2N3O. The number of rotatable bonds is 4. The van der Waals surface area contributed by atoms with Crippen molar-refractivity contribution in [3.63, 3.8) is 0 Å². The smallest absolute Gasteiger partial charge is 0.255 e. The maximum atomic E-state index is 13.3. The van der Waals surface area contributed by atoms with E-state index >= 15 is 0 Å². The van der Waals surface area contributed by atoms with E-state index in [1.165, 1.54) is 0 Å². The van der Waals surface area contributed by atoms with Gasteiger partial charge in [0.1, 0.15) is 11.6 Å². The van der Waals surface area contributed by atoms with E-state index in [9.17, 15) is 13.6 Å². The van der Waals surface area contributed by atoms with E-state index < -0.39 is 11.6 Å². The molecule has 132 valence electrons. The van der Waals surface area contributed by atoms with E-state index in [0.717, 1.165) is 62.0 Å². The Morgan fingerprint density at radius 3 is 2.40 bits per heavy atom. The first-order valence-electron chi connectivity index (χ1n) is 8.42. The molecular weight excluding hydrogens is 324 g/mol. The number of halogens is 2. The van der Waals surface area contributed by atoms with Crippen LogP contribution in [0.25, 0.3) is 0 Å². The second kappa shape index (κ2) is 7.61. The van der Waals surface area contributed by atoms with Gasteiger partial charge in [-0.25, -0.2) is 8.78 Å². The van der Waals surface area contributed by atoms with E-state index in [1.807, 2.05) is 19.1 Å². The summed E-state index contributed by atoms with van der Waals surface area (Å²) in [4.78, 5) is 14.8. The second-order valence-electron chi connectivity index (χ2n) is 6.09. The van der Waals surface area contributed by atoms with Crippen LogP contribution in [0.5, 0.6) is 0 Å². The zero-order chi connectivity index (χ0) is 17.8. The van der Waals surface area contributed by atoms with E-state index in [-0.39, 0.29) is 11.6 Å². The van der Waals surface area contributed by atoms with Gasteiger partial charge in [0.05, 0.1) is 0 Å². The number of nitrogens with one attached hydrogen (secondary N) is 2. The molecule has 0 saturated carbocycles. The summed E-state index contributed by atoms with van der Waals surface area (Å²) in [6.45, 7) is 5.59. The lowest BCUT2D eigenvalue weighted by molar-refractivity contribution is 0.102. The Balaban J connectivity index is 1.85. The number of carbonyl (C=O) groups excluding carboxylic acids is 1. The van der Waals surface area contributed by atoms with Crippen molar-refractivity contribution in [2.75, 3.05) is 36.4 Å². The maximum Gasteiger partial charge on any atom is 0.255 e. The SMILES string of the molecule is CCc1cc(C(=O)Nc2cc(F)cc(F)c2)cc(N2CCNCC2)c1. The van der Waals surface area contributed by atoms with Gasteiger partial charge in [0, 0.05) is 49.2 Å². The highest BCUT2D eigenvalue weighted by molar-refractivity contribution is 6.05. The van der Waals surface area contributed by atoms with Crippen LogP contribution in [0.15, 0.2) is 36.4 Å². The van der Waals surface area contributed by atoms with E-state index in [4.69, 9.17) is 0 Å². The molecule has 0 spiro atoms. The Bertz CT molecular complexity index is 753. The fourth-order valence-electron chi connectivity index (χ4n) is 2.94. The third kappa shape index (κ3) is 4.33. The number of carbonyl (C=O) groups is 1. The topological polar surface area (TPSA) is 44.4 Å². The molecule has 1 saturated heterocycles. The van der Waals surface area contributed by atoms with Crippen molar-refractivity contribution in [1.82, 2.24) is 5.32 Å². The lowest BCUT2D eigenvalue weighted by Crippen LogP contribution is -2.43. The van der Waals surface area contributed by atoms with Crippen molar-refractivity contribution in [3.8, 4) is 0 Å². The van der Waals surface area contributed by atoms with Gasteiger partial charge in [-0.1, -0.05) is 6.92 Å². The lowest BCUT2D eigenvalue weighted by atomic mass is 10.1. The van der Waals surface area contributed by atoms with Gasteiger partial charge in [-0.15, -0.1) is 0 Å². The highest BCUT2D eigenvalue weighted by Crippen LogP contribution is 2.22. The molecule has 1 amide bonds. The van der Waals surface area contributed by atoms with Crippen LogP contribution in [0, 0.1) is 11.6 Å². The molecule has 0 unspecified atom stereocenters. The van der Waals surface area contributed by atoms with Crippen LogP contribution in [0.3, 0.4) is 0 Å². The summed E-state index contributed by atoms with van der Waals surface area (Å²) in [5.74, 6) is -1.82. The molecule has 1 aliphatic rings. The first-order valence-corrected chi connectivity index (χ1v) is 8.42. The molecule has 2 aromatic carbocycles. The molecule has 0 aromatic heterocycles. The van der Waals surface area contributed by atoms with Gasteiger partial charge in [0.25, 0.3) is 5.91 Å². The Labute approximate surface area is 145 Å². The fourth-order valence-corrected chi connectivity index (χ4v) is 2.94. The highest BCUT2D eigenvalue weighted by atomic mass is 19.1. The van der Waals surface area contributed by atoms with Crippen LogP contribution in [0.4, 0.5) is 20.2 Å². The second-order valence-corrected chi connectivity index (χ2v) is 6.09. The third-order valence-electron chi connectivity index (χ3n) is 4.25. The fraction of sp³-hybridized carbons (Fsp3) is 0.316. The molecule has 1 aliphatic heterocycles. The Kier molecular flexibility index (Phi) is 5.28. The molecule has 25 heavy (non-hydrogen) atoms. The Hall–Kier alpha value is -2.47.